The van der Waals surface area contributed by atoms with Gasteiger partial charge in [-0.05, 0) is 30.9 Å². The van der Waals surface area contributed by atoms with Gasteiger partial charge in [0.2, 0.25) is 0 Å². The summed E-state index contributed by atoms with van der Waals surface area (Å²) in [5.41, 5.74) is 7.98. The van der Waals surface area contributed by atoms with Gasteiger partial charge in [-0.1, -0.05) is 6.07 Å². The van der Waals surface area contributed by atoms with Gasteiger partial charge in [-0.2, -0.15) is 0 Å². The van der Waals surface area contributed by atoms with Crippen LogP contribution in [0, 0.1) is 5.92 Å². The quantitative estimate of drug-likeness (QED) is 0.883. The van der Waals surface area contributed by atoms with Gasteiger partial charge in [-0.3, -0.25) is 4.98 Å². The maximum atomic E-state index is 6.12. The van der Waals surface area contributed by atoms with Crippen LogP contribution in [0.5, 0.6) is 0 Å². The van der Waals surface area contributed by atoms with Crippen molar-refractivity contribution < 1.29 is 0 Å². The highest BCUT2D eigenvalue weighted by Gasteiger charge is 2.31. The Balaban J connectivity index is 1.87. The maximum absolute atomic E-state index is 6.12. The molecule has 3 rings (SSSR count). The Morgan fingerprint density at radius 3 is 2.88 bits per heavy atom. The minimum atomic E-state index is 0.127. The average Bonchev–Trinajstić information content (AvgIpc) is 3.07. The minimum absolute atomic E-state index is 0.127. The molecule has 0 amide bonds. The van der Waals surface area contributed by atoms with E-state index in [0.717, 1.165) is 16.4 Å². The zero-order valence-electron chi connectivity index (χ0n) is 8.84. The van der Waals surface area contributed by atoms with Crippen molar-refractivity contribution in [3.05, 3.63) is 34.8 Å². The van der Waals surface area contributed by atoms with Crippen LogP contribution in [-0.4, -0.2) is 9.97 Å². The highest BCUT2D eigenvalue weighted by Crippen LogP contribution is 2.40. The van der Waals surface area contributed by atoms with E-state index in [-0.39, 0.29) is 6.04 Å². The van der Waals surface area contributed by atoms with E-state index in [1.807, 2.05) is 23.6 Å². The van der Waals surface area contributed by atoms with E-state index in [1.54, 1.807) is 17.5 Å². The molecule has 16 heavy (non-hydrogen) atoms. The summed E-state index contributed by atoms with van der Waals surface area (Å²) in [5, 5.41) is 3.09. The molecule has 0 bridgehead atoms. The normalized spacial score (nSPS) is 17.3. The molecular formula is C12H13N3S. The summed E-state index contributed by atoms with van der Waals surface area (Å²) in [6, 6.07) is 5.98. The van der Waals surface area contributed by atoms with Crippen molar-refractivity contribution in [1.82, 2.24) is 9.97 Å². The number of pyridine rings is 1. The van der Waals surface area contributed by atoms with E-state index in [0.29, 0.717) is 5.92 Å². The summed E-state index contributed by atoms with van der Waals surface area (Å²) in [7, 11) is 0. The van der Waals surface area contributed by atoms with Crippen LogP contribution >= 0.6 is 11.3 Å². The largest absolute Gasteiger partial charge is 0.322 e. The molecule has 3 nitrogen and oxygen atoms in total. The summed E-state index contributed by atoms with van der Waals surface area (Å²) < 4.78 is 0. The Morgan fingerprint density at radius 2 is 2.19 bits per heavy atom. The first-order chi connectivity index (χ1) is 7.84. The first kappa shape index (κ1) is 9.93. The Hall–Kier alpha value is -1.26. The Morgan fingerprint density at radius 1 is 1.31 bits per heavy atom. The molecule has 82 valence electrons. The van der Waals surface area contributed by atoms with E-state index in [9.17, 15) is 0 Å². The number of thiazole rings is 1. The lowest BCUT2D eigenvalue weighted by molar-refractivity contribution is 0.629. The molecule has 2 N–H and O–H groups in total. The zero-order chi connectivity index (χ0) is 11.0. The van der Waals surface area contributed by atoms with Gasteiger partial charge in [-0.25, -0.2) is 4.98 Å². The molecular weight excluding hydrogens is 218 g/mol. The van der Waals surface area contributed by atoms with Crippen LogP contribution in [0.4, 0.5) is 0 Å². The van der Waals surface area contributed by atoms with Crippen molar-refractivity contribution in [1.29, 1.82) is 0 Å². The van der Waals surface area contributed by atoms with Crippen molar-refractivity contribution in [3.8, 4) is 11.4 Å². The maximum Gasteiger partial charge on any atom is 0.110 e. The van der Waals surface area contributed by atoms with Gasteiger partial charge in [-0.15, -0.1) is 11.3 Å². The first-order valence-electron chi connectivity index (χ1n) is 5.47. The fraction of sp³-hybridized carbons (Fsp3) is 0.333. The lowest BCUT2D eigenvalue weighted by Gasteiger charge is -2.04. The van der Waals surface area contributed by atoms with Gasteiger partial charge in [0.25, 0.3) is 0 Å². The summed E-state index contributed by atoms with van der Waals surface area (Å²) in [6.45, 7) is 0. The van der Waals surface area contributed by atoms with Crippen LogP contribution in [0.3, 0.4) is 0 Å². The van der Waals surface area contributed by atoms with Crippen molar-refractivity contribution in [3.63, 3.8) is 0 Å². The molecule has 2 heterocycles. The van der Waals surface area contributed by atoms with Crippen LogP contribution in [0.15, 0.2) is 29.8 Å². The molecule has 4 heteroatoms. The summed E-state index contributed by atoms with van der Waals surface area (Å²) in [5.74, 6) is 0.655. The fourth-order valence-electron chi connectivity index (χ4n) is 1.73. The van der Waals surface area contributed by atoms with Crippen molar-refractivity contribution >= 4 is 11.3 Å². The first-order valence-corrected chi connectivity index (χ1v) is 6.35. The predicted molar refractivity (Wildman–Crippen MR) is 65.0 cm³/mol. The van der Waals surface area contributed by atoms with Crippen molar-refractivity contribution in [2.24, 2.45) is 11.7 Å². The SMILES string of the molecule is NC(c1nc(-c2ccccn2)cs1)C1CC1. The smallest absolute Gasteiger partial charge is 0.110 e. The van der Waals surface area contributed by atoms with Crippen LogP contribution in [-0.2, 0) is 0 Å². The second kappa shape index (κ2) is 3.96. The van der Waals surface area contributed by atoms with E-state index in [2.05, 4.69) is 9.97 Å². The van der Waals surface area contributed by atoms with E-state index >= 15 is 0 Å². The molecule has 1 aliphatic carbocycles. The molecule has 1 saturated carbocycles. The number of rotatable bonds is 3. The summed E-state index contributed by atoms with van der Waals surface area (Å²) >= 11 is 1.64. The third kappa shape index (κ3) is 1.86. The number of aromatic nitrogens is 2. The molecule has 0 saturated heterocycles. The van der Waals surface area contributed by atoms with E-state index < -0.39 is 0 Å². The van der Waals surface area contributed by atoms with Gasteiger partial charge >= 0.3 is 0 Å². The molecule has 1 atom stereocenters. The van der Waals surface area contributed by atoms with Crippen LogP contribution in [0.1, 0.15) is 23.9 Å². The summed E-state index contributed by atoms with van der Waals surface area (Å²) in [4.78, 5) is 8.86. The predicted octanol–water partition coefficient (Wildman–Crippen LogP) is 2.61. The molecule has 0 radical (unpaired) electrons. The molecule has 0 aromatic carbocycles. The average molecular weight is 231 g/mol. The monoisotopic (exact) mass is 231 g/mol. The lowest BCUT2D eigenvalue weighted by atomic mass is 10.2. The van der Waals surface area contributed by atoms with E-state index in [4.69, 9.17) is 5.73 Å². The highest BCUT2D eigenvalue weighted by atomic mass is 32.1. The Bertz CT molecular complexity index is 476. The van der Waals surface area contributed by atoms with Gasteiger partial charge in [0, 0.05) is 11.6 Å². The van der Waals surface area contributed by atoms with Crippen LogP contribution in [0.2, 0.25) is 0 Å². The molecule has 0 aliphatic heterocycles. The standard InChI is InChI=1S/C12H13N3S/c13-11(8-4-5-8)12-15-10(7-16-12)9-3-1-2-6-14-9/h1-3,6-8,11H,4-5,13H2. The Kier molecular flexibility index (Phi) is 2.46. The zero-order valence-corrected chi connectivity index (χ0v) is 9.65. The number of hydrogen-bond acceptors (Lipinski definition) is 4. The molecule has 0 spiro atoms. The molecule has 2 aromatic rings. The van der Waals surface area contributed by atoms with E-state index in [1.165, 1.54) is 12.8 Å². The number of nitrogens with two attached hydrogens (primary N) is 1. The third-order valence-corrected chi connectivity index (χ3v) is 3.81. The van der Waals surface area contributed by atoms with Gasteiger partial charge in [0.1, 0.15) is 5.01 Å². The van der Waals surface area contributed by atoms with Crippen LogP contribution < -0.4 is 5.73 Å². The topological polar surface area (TPSA) is 51.8 Å². The number of nitrogens with zero attached hydrogens (tertiary/aromatic N) is 2. The van der Waals surface area contributed by atoms with Gasteiger partial charge in [0.05, 0.1) is 17.4 Å². The fourth-order valence-corrected chi connectivity index (χ4v) is 2.64. The highest BCUT2D eigenvalue weighted by molar-refractivity contribution is 7.10. The van der Waals surface area contributed by atoms with Gasteiger partial charge < -0.3 is 5.73 Å². The molecule has 1 unspecified atom stereocenters. The molecule has 1 aliphatic rings. The molecule has 2 aromatic heterocycles. The summed E-state index contributed by atoms with van der Waals surface area (Å²) in [6.07, 6.45) is 4.29. The Labute approximate surface area is 98.4 Å². The molecule has 1 fully saturated rings. The lowest BCUT2D eigenvalue weighted by Crippen LogP contribution is -2.11. The van der Waals surface area contributed by atoms with Crippen molar-refractivity contribution in [2.75, 3.05) is 0 Å². The van der Waals surface area contributed by atoms with Crippen molar-refractivity contribution in [2.45, 2.75) is 18.9 Å². The minimum Gasteiger partial charge on any atom is -0.322 e. The number of hydrogen-bond donors (Lipinski definition) is 1. The third-order valence-electron chi connectivity index (χ3n) is 2.86. The second-order valence-corrected chi connectivity index (χ2v) is 5.04. The second-order valence-electron chi connectivity index (χ2n) is 4.15. The van der Waals surface area contributed by atoms with Crippen LogP contribution in [0.25, 0.3) is 11.4 Å². The van der Waals surface area contributed by atoms with Gasteiger partial charge in [0.15, 0.2) is 0 Å².